The molecule has 1 aliphatic rings. The summed E-state index contributed by atoms with van der Waals surface area (Å²) in [5.41, 5.74) is 0.684. The summed E-state index contributed by atoms with van der Waals surface area (Å²) in [4.78, 5) is 11.6. The van der Waals surface area contributed by atoms with Gasteiger partial charge in [0.05, 0.1) is 0 Å². The molecule has 0 radical (unpaired) electrons. The van der Waals surface area contributed by atoms with E-state index in [-0.39, 0.29) is 12.1 Å². The number of nitrogens with one attached hydrogen (secondary N) is 2. The number of benzene rings is 1. The van der Waals surface area contributed by atoms with Crippen LogP contribution in [0.25, 0.3) is 0 Å². The highest BCUT2D eigenvalue weighted by Crippen LogP contribution is 2.22. The smallest absolute Gasteiger partial charge is 0.407 e. The molecule has 2 unspecified atom stereocenters. The van der Waals surface area contributed by atoms with E-state index in [4.69, 9.17) is 16.3 Å². The fraction of sp³-hybridized carbons (Fsp3) is 0.533. The lowest BCUT2D eigenvalue weighted by Crippen LogP contribution is -2.36. The molecule has 1 aliphatic carbocycles. The van der Waals surface area contributed by atoms with Gasteiger partial charge in [-0.25, -0.2) is 4.79 Å². The number of hydrogen-bond donors (Lipinski definition) is 2. The molecule has 0 aliphatic heterocycles. The van der Waals surface area contributed by atoms with Crippen LogP contribution in [0.4, 0.5) is 4.79 Å². The molecule has 20 heavy (non-hydrogen) atoms. The fourth-order valence-corrected chi connectivity index (χ4v) is 2.15. The normalized spacial score (nSPS) is 21.4. The summed E-state index contributed by atoms with van der Waals surface area (Å²) < 4.78 is 5.22. The van der Waals surface area contributed by atoms with Gasteiger partial charge in [-0.2, -0.15) is 0 Å². The van der Waals surface area contributed by atoms with Crippen LogP contribution in [0, 0.1) is 0 Å². The minimum atomic E-state index is -0.456. The Morgan fingerprint density at radius 2 is 2.15 bits per heavy atom. The van der Waals surface area contributed by atoms with Gasteiger partial charge in [-0.05, 0) is 44.9 Å². The first-order valence-corrected chi connectivity index (χ1v) is 7.18. The van der Waals surface area contributed by atoms with Gasteiger partial charge >= 0.3 is 6.09 Å². The van der Waals surface area contributed by atoms with Crippen molar-refractivity contribution in [1.82, 2.24) is 10.6 Å². The number of alkyl carbamates (subject to hydrolysis) is 1. The predicted octanol–water partition coefficient (Wildman–Crippen LogP) is 3.10. The van der Waals surface area contributed by atoms with E-state index < -0.39 is 5.60 Å². The molecule has 1 saturated carbocycles. The largest absolute Gasteiger partial charge is 0.444 e. The summed E-state index contributed by atoms with van der Waals surface area (Å²) in [6.07, 6.45) is 0.578. The molecular formula is C15H21ClN2O2. The number of amides is 1. The maximum atomic E-state index is 11.6. The molecule has 2 rings (SSSR count). The maximum Gasteiger partial charge on any atom is 0.407 e. The molecule has 1 amide bonds. The van der Waals surface area contributed by atoms with Crippen LogP contribution in [0.3, 0.4) is 0 Å². The molecule has 0 aromatic heterocycles. The Hall–Kier alpha value is -1.26. The van der Waals surface area contributed by atoms with E-state index >= 15 is 0 Å². The number of carbonyl (C=O) groups excluding carboxylic acids is 1. The van der Waals surface area contributed by atoms with Crippen molar-refractivity contribution in [2.45, 2.75) is 51.4 Å². The molecule has 2 atom stereocenters. The first-order valence-electron chi connectivity index (χ1n) is 6.81. The van der Waals surface area contributed by atoms with Crippen LogP contribution in [-0.4, -0.2) is 23.8 Å². The highest BCUT2D eigenvalue weighted by molar-refractivity contribution is 6.30. The van der Waals surface area contributed by atoms with Crippen molar-refractivity contribution in [3.63, 3.8) is 0 Å². The van der Waals surface area contributed by atoms with Crippen LogP contribution in [0.2, 0.25) is 5.02 Å². The Kier molecular flexibility index (Phi) is 4.55. The number of halogens is 1. The number of carbonyl (C=O) groups is 1. The predicted molar refractivity (Wildman–Crippen MR) is 79.9 cm³/mol. The summed E-state index contributed by atoms with van der Waals surface area (Å²) >= 11 is 5.93. The SMILES string of the molecule is CC(C)(C)OC(=O)NC1CC1NCc1cccc(Cl)c1. The average molecular weight is 297 g/mol. The van der Waals surface area contributed by atoms with E-state index in [1.54, 1.807) is 0 Å². The molecule has 5 heteroatoms. The van der Waals surface area contributed by atoms with Crippen LogP contribution < -0.4 is 10.6 Å². The van der Waals surface area contributed by atoms with Gasteiger partial charge < -0.3 is 15.4 Å². The van der Waals surface area contributed by atoms with Gasteiger partial charge in [-0.15, -0.1) is 0 Å². The first kappa shape index (κ1) is 15.1. The number of ether oxygens (including phenoxy) is 1. The van der Waals surface area contributed by atoms with Crippen LogP contribution in [0.15, 0.2) is 24.3 Å². The third-order valence-corrected chi connectivity index (χ3v) is 3.19. The van der Waals surface area contributed by atoms with Crippen molar-refractivity contribution >= 4 is 17.7 Å². The van der Waals surface area contributed by atoms with Gasteiger partial charge in [0.25, 0.3) is 0 Å². The van der Waals surface area contributed by atoms with Gasteiger partial charge in [0, 0.05) is 23.7 Å². The van der Waals surface area contributed by atoms with Crippen molar-refractivity contribution in [3.05, 3.63) is 34.9 Å². The summed E-state index contributed by atoms with van der Waals surface area (Å²) in [5, 5.41) is 6.99. The first-order chi connectivity index (χ1) is 9.33. The molecule has 4 nitrogen and oxygen atoms in total. The van der Waals surface area contributed by atoms with Crippen molar-refractivity contribution < 1.29 is 9.53 Å². The zero-order chi connectivity index (χ0) is 14.8. The summed E-state index contributed by atoms with van der Waals surface area (Å²) in [6, 6.07) is 8.22. The van der Waals surface area contributed by atoms with Gasteiger partial charge in [0.15, 0.2) is 0 Å². The quantitative estimate of drug-likeness (QED) is 0.897. The van der Waals surface area contributed by atoms with Crippen molar-refractivity contribution in [2.75, 3.05) is 0 Å². The Balaban J connectivity index is 1.69. The molecule has 1 aromatic rings. The third-order valence-electron chi connectivity index (χ3n) is 2.95. The fourth-order valence-electron chi connectivity index (χ4n) is 1.93. The van der Waals surface area contributed by atoms with E-state index in [1.165, 1.54) is 0 Å². The molecule has 1 fully saturated rings. The van der Waals surface area contributed by atoms with Crippen molar-refractivity contribution in [3.8, 4) is 0 Å². The lowest BCUT2D eigenvalue weighted by Gasteiger charge is -2.19. The van der Waals surface area contributed by atoms with Crippen LogP contribution in [0.1, 0.15) is 32.8 Å². The highest BCUT2D eigenvalue weighted by Gasteiger charge is 2.38. The summed E-state index contributed by atoms with van der Waals surface area (Å²) in [6.45, 7) is 6.31. The van der Waals surface area contributed by atoms with Gasteiger partial charge in [-0.3, -0.25) is 0 Å². The van der Waals surface area contributed by atoms with Gasteiger partial charge in [-0.1, -0.05) is 23.7 Å². The van der Waals surface area contributed by atoms with Crippen molar-refractivity contribution in [2.24, 2.45) is 0 Å². The monoisotopic (exact) mass is 296 g/mol. The molecule has 0 bridgehead atoms. The molecule has 1 aromatic carbocycles. The topological polar surface area (TPSA) is 50.4 Å². The Bertz CT molecular complexity index is 485. The van der Waals surface area contributed by atoms with E-state index in [1.807, 2.05) is 45.0 Å². The molecular weight excluding hydrogens is 276 g/mol. The second-order valence-corrected chi connectivity index (χ2v) is 6.54. The van der Waals surface area contributed by atoms with E-state index in [9.17, 15) is 4.79 Å². The van der Waals surface area contributed by atoms with Gasteiger partial charge in [0.1, 0.15) is 5.60 Å². The lowest BCUT2D eigenvalue weighted by molar-refractivity contribution is 0.0522. The zero-order valence-electron chi connectivity index (χ0n) is 12.1. The average Bonchev–Trinajstić information content (AvgIpc) is 3.02. The Morgan fingerprint density at radius 1 is 1.40 bits per heavy atom. The molecule has 0 saturated heterocycles. The maximum absolute atomic E-state index is 11.6. The highest BCUT2D eigenvalue weighted by atomic mass is 35.5. The lowest BCUT2D eigenvalue weighted by atomic mass is 10.2. The van der Waals surface area contributed by atoms with Gasteiger partial charge in [0.2, 0.25) is 0 Å². The second-order valence-electron chi connectivity index (χ2n) is 6.11. The molecule has 110 valence electrons. The standard InChI is InChI=1S/C15H21ClN2O2/c1-15(2,3)20-14(19)18-13-8-12(13)17-9-10-5-4-6-11(16)7-10/h4-7,12-13,17H,8-9H2,1-3H3,(H,18,19). The van der Waals surface area contributed by atoms with E-state index in [0.29, 0.717) is 6.04 Å². The molecule has 0 heterocycles. The summed E-state index contributed by atoms with van der Waals surface area (Å²) in [5.74, 6) is 0. The molecule has 2 N–H and O–H groups in total. The third kappa shape index (κ3) is 5.02. The number of hydrogen-bond acceptors (Lipinski definition) is 3. The Morgan fingerprint density at radius 3 is 2.80 bits per heavy atom. The minimum absolute atomic E-state index is 0.157. The van der Waals surface area contributed by atoms with Crippen LogP contribution in [-0.2, 0) is 11.3 Å². The van der Waals surface area contributed by atoms with Crippen LogP contribution in [0.5, 0.6) is 0 Å². The van der Waals surface area contributed by atoms with Crippen LogP contribution >= 0.6 is 11.6 Å². The zero-order valence-corrected chi connectivity index (χ0v) is 12.8. The Labute approximate surface area is 124 Å². The molecule has 0 spiro atoms. The van der Waals surface area contributed by atoms with E-state index in [0.717, 1.165) is 23.6 Å². The summed E-state index contributed by atoms with van der Waals surface area (Å²) in [7, 11) is 0. The second kappa shape index (κ2) is 6.02. The van der Waals surface area contributed by atoms with Crippen molar-refractivity contribution in [1.29, 1.82) is 0 Å². The number of rotatable bonds is 4. The van der Waals surface area contributed by atoms with E-state index in [2.05, 4.69) is 10.6 Å². The minimum Gasteiger partial charge on any atom is -0.444 e.